The van der Waals surface area contributed by atoms with Crippen molar-refractivity contribution >= 4 is 28.9 Å². The summed E-state index contributed by atoms with van der Waals surface area (Å²) < 4.78 is 10.1. The zero-order valence-electron chi connectivity index (χ0n) is 14.1. The summed E-state index contributed by atoms with van der Waals surface area (Å²) >= 11 is 1.55. The van der Waals surface area contributed by atoms with Crippen LogP contribution in [0.15, 0.2) is 45.6 Å². The Morgan fingerprint density at radius 3 is 2.96 bits per heavy atom. The van der Waals surface area contributed by atoms with Crippen molar-refractivity contribution in [2.45, 2.75) is 19.8 Å². The molecule has 7 nitrogen and oxygen atoms in total. The maximum atomic E-state index is 12.1. The van der Waals surface area contributed by atoms with E-state index in [2.05, 4.69) is 15.5 Å². The number of anilines is 1. The van der Waals surface area contributed by atoms with Crippen molar-refractivity contribution in [2.75, 3.05) is 11.9 Å². The molecular formula is C18H17N3O4S. The minimum Gasteiger partial charge on any atom is -0.462 e. The van der Waals surface area contributed by atoms with Crippen molar-refractivity contribution in [1.29, 1.82) is 0 Å². The lowest BCUT2D eigenvalue weighted by atomic mass is 10.2. The first-order valence-corrected chi connectivity index (χ1v) is 9.02. The Morgan fingerprint density at radius 1 is 1.31 bits per heavy atom. The van der Waals surface area contributed by atoms with Crippen molar-refractivity contribution in [2.24, 2.45) is 0 Å². The minimum atomic E-state index is -0.421. The van der Waals surface area contributed by atoms with Gasteiger partial charge >= 0.3 is 5.97 Å². The molecule has 0 atom stereocenters. The molecule has 3 rings (SSSR count). The lowest BCUT2D eigenvalue weighted by Crippen LogP contribution is -2.13. The molecule has 1 amide bonds. The van der Waals surface area contributed by atoms with E-state index in [1.165, 1.54) is 0 Å². The van der Waals surface area contributed by atoms with E-state index in [0.29, 0.717) is 36.0 Å². The van der Waals surface area contributed by atoms with Gasteiger partial charge in [0.15, 0.2) is 0 Å². The maximum Gasteiger partial charge on any atom is 0.338 e. The second-order valence-corrected chi connectivity index (χ2v) is 6.15. The van der Waals surface area contributed by atoms with Gasteiger partial charge in [-0.2, -0.15) is 16.3 Å². The second kappa shape index (κ2) is 8.39. The van der Waals surface area contributed by atoms with Crippen LogP contribution in [0.1, 0.15) is 29.6 Å². The Hall–Kier alpha value is -3.00. The predicted octanol–water partition coefficient (Wildman–Crippen LogP) is 3.55. The Bertz CT molecular complexity index is 889. The molecule has 0 bridgehead atoms. The number of hydrogen-bond acceptors (Lipinski definition) is 7. The lowest BCUT2D eigenvalue weighted by Gasteiger charge is -2.06. The van der Waals surface area contributed by atoms with Crippen molar-refractivity contribution in [1.82, 2.24) is 10.1 Å². The monoisotopic (exact) mass is 371 g/mol. The zero-order valence-corrected chi connectivity index (χ0v) is 14.9. The number of esters is 1. The molecule has 0 aliphatic heterocycles. The predicted molar refractivity (Wildman–Crippen MR) is 97.0 cm³/mol. The molecular weight excluding hydrogens is 354 g/mol. The van der Waals surface area contributed by atoms with Crippen LogP contribution in [0.5, 0.6) is 0 Å². The quantitative estimate of drug-likeness (QED) is 0.638. The van der Waals surface area contributed by atoms with Crippen LogP contribution in [-0.4, -0.2) is 28.6 Å². The summed E-state index contributed by atoms with van der Waals surface area (Å²) in [5.41, 5.74) is 1.82. The van der Waals surface area contributed by atoms with E-state index in [1.54, 1.807) is 42.5 Å². The van der Waals surface area contributed by atoms with Crippen LogP contribution < -0.4 is 5.32 Å². The van der Waals surface area contributed by atoms with Gasteiger partial charge in [0.2, 0.25) is 17.6 Å². The van der Waals surface area contributed by atoms with Gasteiger partial charge in [0.1, 0.15) is 0 Å². The Balaban J connectivity index is 1.54. The van der Waals surface area contributed by atoms with E-state index in [-0.39, 0.29) is 12.3 Å². The Labute approximate surface area is 154 Å². The zero-order chi connectivity index (χ0) is 18.4. The van der Waals surface area contributed by atoms with Crippen molar-refractivity contribution in [3.05, 3.63) is 52.5 Å². The van der Waals surface area contributed by atoms with E-state index < -0.39 is 5.97 Å². The average Bonchev–Trinajstić information content (AvgIpc) is 3.32. The van der Waals surface area contributed by atoms with Gasteiger partial charge in [-0.3, -0.25) is 4.79 Å². The number of amides is 1. The van der Waals surface area contributed by atoms with Crippen LogP contribution in [-0.2, 0) is 16.0 Å². The van der Waals surface area contributed by atoms with E-state index >= 15 is 0 Å². The van der Waals surface area contributed by atoms with E-state index in [0.717, 1.165) is 5.56 Å². The molecule has 134 valence electrons. The van der Waals surface area contributed by atoms with Crippen LogP contribution in [0.4, 0.5) is 5.69 Å². The Morgan fingerprint density at radius 2 is 2.19 bits per heavy atom. The molecule has 0 fully saturated rings. The summed E-state index contributed by atoms with van der Waals surface area (Å²) in [4.78, 5) is 28.1. The Kier molecular flexibility index (Phi) is 5.75. The minimum absolute atomic E-state index is 0.189. The maximum absolute atomic E-state index is 12.1. The number of nitrogens with zero attached hydrogens (tertiary/aromatic N) is 2. The standard InChI is InChI=1S/C18H17N3O4S/c1-2-24-18(23)12-4-3-5-14(10-12)19-15(22)6-7-16-20-17(21-25-16)13-8-9-26-11-13/h3-5,8-11H,2,6-7H2,1H3,(H,19,22). The van der Waals surface area contributed by atoms with E-state index in [4.69, 9.17) is 9.26 Å². The summed E-state index contributed by atoms with van der Waals surface area (Å²) in [6.07, 6.45) is 0.523. The van der Waals surface area contributed by atoms with E-state index in [9.17, 15) is 9.59 Å². The number of carbonyl (C=O) groups excluding carboxylic acids is 2. The third-order valence-corrected chi connectivity index (χ3v) is 4.15. The van der Waals surface area contributed by atoms with Gasteiger partial charge < -0.3 is 14.6 Å². The number of benzene rings is 1. The highest BCUT2D eigenvalue weighted by Gasteiger charge is 2.12. The second-order valence-electron chi connectivity index (χ2n) is 5.37. The molecule has 1 aromatic carbocycles. The molecule has 26 heavy (non-hydrogen) atoms. The molecule has 1 N–H and O–H groups in total. The number of ether oxygens (including phenoxy) is 1. The van der Waals surface area contributed by atoms with Crippen molar-refractivity contribution in [3.63, 3.8) is 0 Å². The molecule has 3 aromatic rings. The topological polar surface area (TPSA) is 94.3 Å². The smallest absolute Gasteiger partial charge is 0.338 e. The summed E-state index contributed by atoms with van der Waals surface area (Å²) in [7, 11) is 0. The van der Waals surface area contributed by atoms with Gasteiger partial charge in [-0.15, -0.1) is 0 Å². The normalized spacial score (nSPS) is 10.5. The van der Waals surface area contributed by atoms with Crippen LogP contribution in [0.25, 0.3) is 11.4 Å². The molecule has 0 radical (unpaired) electrons. The summed E-state index contributed by atoms with van der Waals surface area (Å²) in [6.45, 7) is 2.04. The van der Waals surface area contributed by atoms with Gasteiger partial charge in [0, 0.05) is 29.5 Å². The van der Waals surface area contributed by atoms with Gasteiger partial charge in [-0.05, 0) is 36.6 Å². The highest BCUT2D eigenvalue weighted by Crippen LogP contribution is 2.19. The summed E-state index contributed by atoms with van der Waals surface area (Å²) in [5.74, 6) is 0.294. The molecule has 0 spiro atoms. The molecule has 0 unspecified atom stereocenters. The van der Waals surface area contributed by atoms with Crippen molar-refractivity contribution in [3.8, 4) is 11.4 Å². The number of carbonyl (C=O) groups is 2. The number of aromatic nitrogens is 2. The molecule has 0 aliphatic carbocycles. The fourth-order valence-electron chi connectivity index (χ4n) is 2.25. The van der Waals surface area contributed by atoms with Gasteiger partial charge in [0.05, 0.1) is 12.2 Å². The van der Waals surface area contributed by atoms with Gasteiger partial charge in [-0.25, -0.2) is 4.79 Å². The number of thiophene rings is 1. The number of aryl methyl sites for hydroxylation is 1. The third-order valence-electron chi connectivity index (χ3n) is 3.47. The van der Waals surface area contributed by atoms with Crippen LogP contribution in [0.2, 0.25) is 0 Å². The highest BCUT2D eigenvalue weighted by molar-refractivity contribution is 7.08. The van der Waals surface area contributed by atoms with Crippen LogP contribution in [0, 0.1) is 0 Å². The third kappa shape index (κ3) is 4.54. The van der Waals surface area contributed by atoms with Gasteiger partial charge in [-0.1, -0.05) is 11.2 Å². The molecule has 0 saturated carbocycles. The molecule has 2 aromatic heterocycles. The highest BCUT2D eigenvalue weighted by atomic mass is 32.1. The number of nitrogens with one attached hydrogen (secondary N) is 1. The average molecular weight is 371 g/mol. The number of rotatable bonds is 7. The largest absolute Gasteiger partial charge is 0.462 e. The summed E-state index contributed by atoms with van der Waals surface area (Å²) in [5, 5.41) is 10.5. The molecule has 8 heteroatoms. The van der Waals surface area contributed by atoms with Crippen LogP contribution >= 0.6 is 11.3 Å². The molecule has 2 heterocycles. The SMILES string of the molecule is CCOC(=O)c1cccc(NC(=O)CCc2nc(-c3ccsc3)no2)c1. The first kappa shape index (κ1) is 17.8. The fourth-order valence-corrected chi connectivity index (χ4v) is 2.88. The molecule has 0 saturated heterocycles. The van der Waals surface area contributed by atoms with Crippen molar-refractivity contribution < 1.29 is 18.8 Å². The first-order valence-electron chi connectivity index (χ1n) is 8.08. The number of hydrogen-bond donors (Lipinski definition) is 1. The summed E-state index contributed by atoms with van der Waals surface area (Å²) in [6, 6.07) is 8.52. The lowest BCUT2D eigenvalue weighted by molar-refractivity contribution is -0.116. The molecule has 0 aliphatic rings. The van der Waals surface area contributed by atoms with Gasteiger partial charge in [0.25, 0.3) is 0 Å². The fraction of sp³-hybridized carbons (Fsp3) is 0.222. The van der Waals surface area contributed by atoms with Crippen LogP contribution in [0.3, 0.4) is 0 Å². The first-order chi connectivity index (χ1) is 12.7. The van der Waals surface area contributed by atoms with E-state index in [1.807, 2.05) is 16.8 Å².